The largest absolute Gasteiger partial charge is 0.268 e. The number of aromatic nitrogens is 2. The molecular weight excluding hydrogens is 480 g/mol. The highest BCUT2D eigenvalue weighted by molar-refractivity contribution is 6.37. The minimum atomic E-state index is -0.691. The third-order valence-electron chi connectivity index (χ3n) is 6.36. The van der Waals surface area contributed by atoms with Crippen molar-refractivity contribution in [2.24, 2.45) is 0 Å². The first kappa shape index (κ1) is 22.9. The van der Waals surface area contributed by atoms with Gasteiger partial charge in [-0.05, 0) is 48.5 Å². The predicted octanol–water partition coefficient (Wildman–Crippen LogP) is 3.96. The van der Waals surface area contributed by atoms with Gasteiger partial charge < -0.3 is 0 Å². The van der Waals surface area contributed by atoms with Crippen molar-refractivity contribution in [3.63, 3.8) is 0 Å². The van der Waals surface area contributed by atoms with Crippen molar-refractivity contribution in [2.45, 2.75) is 0 Å². The second-order valence-electron chi connectivity index (χ2n) is 8.54. The molecule has 0 spiro atoms. The topological polar surface area (TPSA) is 101 Å². The van der Waals surface area contributed by atoms with E-state index in [2.05, 4.69) is 9.97 Å². The van der Waals surface area contributed by atoms with E-state index < -0.39 is 23.6 Å². The van der Waals surface area contributed by atoms with Crippen molar-refractivity contribution in [2.75, 3.05) is 0 Å². The van der Waals surface area contributed by atoms with Gasteiger partial charge in [-0.2, -0.15) is 0 Å². The van der Waals surface area contributed by atoms with Crippen LogP contribution in [0.2, 0.25) is 0 Å². The Kier molecular flexibility index (Phi) is 5.54. The molecule has 0 unspecified atom stereocenters. The average molecular weight is 498 g/mol. The van der Waals surface area contributed by atoms with Crippen molar-refractivity contribution in [1.82, 2.24) is 19.8 Å². The molecule has 0 aliphatic carbocycles. The maximum atomic E-state index is 14.1. The van der Waals surface area contributed by atoms with Gasteiger partial charge >= 0.3 is 0 Å². The van der Waals surface area contributed by atoms with E-state index in [1.807, 2.05) is 0 Å². The number of carbonyl (C=O) groups is 4. The van der Waals surface area contributed by atoms with Gasteiger partial charge in [-0.3, -0.25) is 29.1 Å². The Hall–Kier alpha value is -5.50. The molecule has 6 rings (SSSR count). The molecule has 8 nitrogen and oxygen atoms in total. The molecular formula is C30H18N4O4. The maximum absolute atomic E-state index is 14.1. The molecule has 0 radical (unpaired) electrons. The highest BCUT2D eigenvalue weighted by Gasteiger charge is 2.52. The summed E-state index contributed by atoms with van der Waals surface area (Å²) < 4.78 is 0. The molecule has 0 N–H and O–H groups in total. The normalized spacial score (nSPS) is 14.8. The lowest BCUT2D eigenvalue weighted by Crippen LogP contribution is -2.36. The first-order valence-electron chi connectivity index (χ1n) is 11.8. The number of amides is 4. The molecule has 2 aliphatic rings. The second-order valence-corrected chi connectivity index (χ2v) is 8.54. The van der Waals surface area contributed by atoms with Crippen LogP contribution in [0.5, 0.6) is 0 Å². The van der Waals surface area contributed by atoms with Crippen molar-refractivity contribution < 1.29 is 19.2 Å². The lowest BCUT2D eigenvalue weighted by Gasteiger charge is -2.23. The quantitative estimate of drug-likeness (QED) is 0.395. The Morgan fingerprint density at radius 3 is 1.18 bits per heavy atom. The molecule has 8 heteroatoms. The summed E-state index contributed by atoms with van der Waals surface area (Å²) in [5, 5.41) is 0. The summed E-state index contributed by atoms with van der Waals surface area (Å²) in [5.74, 6) is -2.55. The molecule has 2 aliphatic heterocycles. The molecule has 4 amide bonds. The first-order chi connectivity index (χ1) is 18.6. The number of benzene rings is 2. The van der Waals surface area contributed by atoms with Crippen molar-refractivity contribution in [3.05, 3.63) is 143 Å². The van der Waals surface area contributed by atoms with Crippen LogP contribution in [0.15, 0.2) is 121 Å². The monoisotopic (exact) mass is 498 g/mol. The first-order valence-corrected chi connectivity index (χ1v) is 11.8. The SMILES string of the molecule is O=C1C2=C(c3ccncc3)N(C(=O)c3ccccc3)C(=O)C2=C(c2ccncc2)N1C(=O)c1ccccc1. The lowest BCUT2D eigenvalue weighted by atomic mass is 10.0. The Morgan fingerprint density at radius 2 is 0.842 bits per heavy atom. The van der Waals surface area contributed by atoms with Crippen LogP contribution in [0, 0.1) is 0 Å². The highest BCUT2D eigenvalue weighted by atomic mass is 16.2. The van der Waals surface area contributed by atoms with E-state index in [-0.39, 0.29) is 33.7 Å². The molecule has 0 fully saturated rings. The van der Waals surface area contributed by atoms with Crippen LogP contribution in [-0.4, -0.2) is 43.4 Å². The molecule has 4 heterocycles. The van der Waals surface area contributed by atoms with Crippen LogP contribution < -0.4 is 0 Å². The van der Waals surface area contributed by atoms with E-state index in [4.69, 9.17) is 0 Å². The number of rotatable bonds is 4. The van der Waals surface area contributed by atoms with E-state index in [9.17, 15) is 19.2 Å². The summed E-state index contributed by atoms with van der Waals surface area (Å²) in [6, 6.07) is 23.2. The number of fused-ring (bicyclic) bond motifs is 1. The number of imide groups is 2. The Bertz CT molecular complexity index is 1540. The van der Waals surface area contributed by atoms with Crippen LogP contribution in [0.3, 0.4) is 0 Å². The van der Waals surface area contributed by atoms with Crippen molar-refractivity contribution in [3.8, 4) is 0 Å². The van der Waals surface area contributed by atoms with Gasteiger partial charge in [0.15, 0.2) is 0 Å². The Balaban J connectivity index is 1.63. The standard InChI is InChI=1S/C30H18N4O4/c35-27(21-7-3-1-4-8-21)33-25(19-11-15-31-16-12-19)23-24(29(33)37)26(20-13-17-32-18-14-20)34(30(23)38)28(36)22-9-5-2-6-10-22/h1-18H. The summed E-state index contributed by atoms with van der Waals surface area (Å²) in [4.78, 5) is 65.7. The highest BCUT2D eigenvalue weighted by Crippen LogP contribution is 2.47. The molecule has 182 valence electrons. The number of hydrogen-bond donors (Lipinski definition) is 0. The summed E-state index contributed by atoms with van der Waals surface area (Å²) >= 11 is 0. The smallest absolute Gasteiger partial charge is 0.268 e. The molecule has 2 aromatic heterocycles. The zero-order valence-electron chi connectivity index (χ0n) is 19.8. The van der Waals surface area contributed by atoms with Gasteiger partial charge in [-0.1, -0.05) is 36.4 Å². The Morgan fingerprint density at radius 1 is 0.500 bits per heavy atom. The molecule has 0 saturated heterocycles. The molecule has 38 heavy (non-hydrogen) atoms. The van der Waals surface area contributed by atoms with Crippen LogP contribution in [0.25, 0.3) is 11.4 Å². The van der Waals surface area contributed by atoms with Gasteiger partial charge in [-0.15, -0.1) is 0 Å². The summed E-state index contributed by atoms with van der Waals surface area (Å²) in [6.07, 6.45) is 6.04. The molecule has 0 atom stereocenters. The summed E-state index contributed by atoms with van der Waals surface area (Å²) in [5.41, 5.74) is 1.65. The van der Waals surface area contributed by atoms with Crippen LogP contribution in [0.1, 0.15) is 31.8 Å². The molecule has 0 bridgehead atoms. The maximum Gasteiger partial charge on any atom is 0.268 e. The average Bonchev–Trinajstić information content (AvgIpc) is 3.45. The minimum absolute atomic E-state index is 0.0124. The molecule has 2 aromatic carbocycles. The lowest BCUT2D eigenvalue weighted by molar-refractivity contribution is -0.122. The number of carbonyl (C=O) groups excluding carboxylic acids is 4. The van der Waals surface area contributed by atoms with Gasteiger partial charge in [-0.25, -0.2) is 9.80 Å². The van der Waals surface area contributed by atoms with E-state index in [0.717, 1.165) is 9.80 Å². The molecule has 4 aromatic rings. The summed E-state index contributed by atoms with van der Waals surface area (Å²) in [6.45, 7) is 0. The third kappa shape index (κ3) is 3.55. The zero-order chi connectivity index (χ0) is 26.2. The zero-order valence-corrected chi connectivity index (χ0v) is 19.8. The second kappa shape index (κ2) is 9.18. The van der Waals surface area contributed by atoms with Crippen LogP contribution in [-0.2, 0) is 9.59 Å². The number of pyridine rings is 2. The van der Waals surface area contributed by atoms with Gasteiger partial charge in [0.2, 0.25) is 0 Å². The Labute approximate surface area is 217 Å². The van der Waals surface area contributed by atoms with Crippen LogP contribution in [0.4, 0.5) is 0 Å². The third-order valence-corrected chi connectivity index (χ3v) is 6.36. The van der Waals surface area contributed by atoms with E-state index in [1.54, 1.807) is 84.9 Å². The number of nitrogens with zero attached hydrogens (tertiary/aromatic N) is 4. The van der Waals surface area contributed by atoms with Crippen molar-refractivity contribution in [1.29, 1.82) is 0 Å². The van der Waals surface area contributed by atoms with Crippen LogP contribution >= 0.6 is 0 Å². The van der Waals surface area contributed by atoms with E-state index in [1.165, 1.54) is 24.8 Å². The fourth-order valence-corrected chi connectivity index (χ4v) is 4.68. The van der Waals surface area contributed by atoms with E-state index >= 15 is 0 Å². The molecule has 0 saturated carbocycles. The van der Waals surface area contributed by atoms with Gasteiger partial charge in [0.25, 0.3) is 23.6 Å². The van der Waals surface area contributed by atoms with E-state index in [0.29, 0.717) is 11.1 Å². The number of hydrogen-bond acceptors (Lipinski definition) is 6. The summed E-state index contributed by atoms with van der Waals surface area (Å²) in [7, 11) is 0. The van der Waals surface area contributed by atoms with Gasteiger partial charge in [0.1, 0.15) is 0 Å². The predicted molar refractivity (Wildman–Crippen MR) is 138 cm³/mol. The van der Waals surface area contributed by atoms with Crippen molar-refractivity contribution >= 4 is 35.0 Å². The van der Waals surface area contributed by atoms with Gasteiger partial charge in [0, 0.05) is 47.0 Å². The fourth-order valence-electron chi connectivity index (χ4n) is 4.68. The van der Waals surface area contributed by atoms with Gasteiger partial charge in [0.05, 0.1) is 22.5 Å². The fraction of sp³-hybridized carbons (Fsp3) is 0. The minimum Gasteiger partial charge on any atom is -0.268 e.